The van der Waals surface area contributed by atoms with Crippen LogP contribution in [0.3, 0.4) is 0 Å². The first-order valence-corrected chi connectivity index (χ1v) is 13.7. The predicted molar refractivity (Wildman–Crippen MR) is 160 cm³/mol. The Balaban J connectivity index is 1.24. The number of ether oxygens (including phenoxy) is 1. The van der Waals surface area contributed by atoms with Crippen molar-refractivity contribution in [1.29, 1.82) is 5.26 Å². The molecule has 5 rings (SSSR count). The summed E-state index contributed by atoms with van der Waals surface area (Å²) in [6.45, 7) is 8.86. The van der Waals surface area contributed by atoms with Gasteiger partial charge in [0.1, 0.15) is 11.8 Å². The number of nitriles is 1. The molecule has 1 saturated heterocycles. The molecule has 0 aliphatic carbocycles. The zero-order valence-corrected chi connectivity index (χ0v) is 23.3. The Morgan fingerprint density at radius 2 is 1.75 bits per heavy atom. The van der Waals surface area contributed by atoms with Gasteiger partial charge in [-0.1, -0.05) is 44.2 Å². The third-order valence-corrected chi connectivity index (χ3v) is 7.49. The van der Waals surface area contributed by atoms with Crippen LogP contribution in [-0.4, -0.2) is 49.1 Å². The smallest absolute Gasteiger partial charge is 0.256 e. The van der Waals surface area contributed by atoms with Crippen LogP contribution in [-0.2, 0) is 6.54 Å². The molecule has 0 saturated carbocycles. The van der Waals surface area contributed by atoms with E-state index in [1.54, 1.807) is 13.3 Å². The second-order valence-corrected chi connectivity index (χ2v) is 10.4. The molecule has 3 aromatic carbocycles. The molecule has 0 unspecified atom stereocenters. The summed E-state index contributed by atoms with van der Waals surface area (Å²) in [5.41, 5.74) is 7.17. The van der Waals surface area contributed by atoms with Crippen LogP contribution >= 0.6 is 0 Å². The molecule has 2 N–H and O–H groups in total. The molecule has 1 fully saturated rings. The van der Waals surface area contributed by atoms with Gasteiger partial charge in [0.15, 0.2) is 0 Å². The maximum absolute atomic E-state index is 13.4. The minimum absolute atomic E-state index is 0.174. The highest BCUT2D eigenvalue weighted by Crippen LogP contribution is 2.35. The fourth-order valence-corrected chi connectivity index (χ4v) is 5.18. The van der Waals surface area contributed by atoms with Crippen molar-refractivity contribution >= 4 is 17.3 Å². The second kappa shape index (κ2) is 12.1. The second-order valence-electron chi connectivity index (χ2n) is 10.4. The molecule has 204 valence electrons. The van der Waals surface area contributed by atoms with Gasteiger partial charge < -0.3 is 19.9 Å². The summed E-state index contributed by atoms with van der Waals surface area (Å²) >= 11 is 0. The fraction of sp³-hybridized carbons (Fsp3) is 0.273. The maximum atomic E-state index is 13.4. The number of aromatic amines is 1. The molecule has 1 amide bonds. The number of methoxy groups -OCH3 is 1. The van der Waals surface area contributed by atoms with E-state index in [-0.39, 0.29) is 5.91 Å². The number of anilines is 2. The van der Waals surface area contributed by atoms with Crippen molar-refractivity contribution in [2.75, 3.05) is 43.5 Å². The van der Waals surface area contributed by atoms with Gasteiger partial charge in [-0.3, -0.25) is 9.69 Å². The molecule has 4 aromatic rings. The largest absolute Gasteiger partial charge is 0.496 e. The van der Waals surface area contributed by atoms with Gasteiger partial charge in [0.2, 0.25) is 0 Å². The Bertz CT molecular complexity index is 1490. The number of H-pyrrole nitrogens is 1. The maximum Gasteiger partial charge on any atom is 0.256 e. The van der Waals surface area contributed by atoms with E-state index in [9.17, 15) is 4.79 Å². The third-order valence-electron chi connectivity index (χ3n) is 7.49. The Morgan fingerprint density at radius 1 is 1.02 bits per heavy atom. The number of nitrogens with one attached hydrogen (secondary N) is 2. The van der Waals surface area contributed by atoms with E-state index in [2.05, 4.69) is 76.4 Å². The third kappa shape index (κ3) is 6.03. The normalized spacial score (nSPS) is 13.7. The highest BCUT2D eigenvalue weighted by molar-refractivity contribution is 6.09. The van der Waals surface area contributed by atoms with Gasteiger partial charge in [0.05, 0.1) is 18.2 Å². The van der Waals surface area contributed by atoms with Crippen molar-refractivity contribution in [3.05, 3.63) is 101 Å². The predicted octanol–water partition coefficient (Wildman–Crippen LogP) is 6.26. The van der Waals surface area contributed by atoms with Gasteiger partial charge in [0.25, 0.3) is 5.91 Å². The standard InChI is InChI=1S/C33H35N5O2/c1-23(2)25-7-9-26(10-8-25)32-30(5-4-6-31(32)40-3)33(39)36-27-11-13-29(14-12-27)38-17-15-37(16-18-38)22-28-19-24(20-34)21-35-28/h4-14,19,21,23,35H,15-18,22H2,1-3H3,(H,36,39). The number of rotatable bonds is 8. The van der Waals surface area contributed by atoms with E-state index < -0.39 is 0 Å². The first-order valence-electron chi connectivity index (χ1n) is 13.7. The molecule has 0 radical (unpaired) electrons. The molecule has 0 bridgehead atoms. The molecule has 1 aliphatic rings. The summed E-state index contributed by atoms with van der Waals surface area (Å²) in [5, 5.41) is 12.1. The van der Waals surface area contributed by atoms with Crippen LogP contribution in [0.2, 0.25) is 0 Å². The van der Waals surface area contributed by atoms with Crippen molar-refractivity contribution in [3.63, 3.8) is 0 Å². The average Bonchev–Trinajstić information content (AvgIpc) is 3.45. The number of carbonyl (C=O) groups excluding carboxylic acids is 1. The lowest BCUT2D eigenvalue weighted by atomic mass is 9.95. The zero-order chi connectivity index (χ0) is 28.1. The van der Waals surface area contributed by atoms with Crippen LogP contribution in [0.1, 0.15) is 46.9 Å². The van der Waals surface area contributed by atoms with E-state index in [0.29, 0.717) is 22.8 Å². The van der Waals surface area contributed by atoms with Crippen LogP contribution in [0.15, 0.2) is 79.0 Å². The summed E-state index contributed by atoms with van der Waals surface area (Å²) in [6, 6.07) is 26.0. The molecular weight excluding hydrogens is 498 g/mol. The number of carbonyl (C=O) groups is 1. The first kappa shape index (κ1) is 27.0. The van der Waals surface area contributed by atoms with E-state index in [1.807, 2.05) is 36.4 Å². The van der Waals surface area contributed by atoms with Gasteiger partial charge in [-0.05, 0) is 59.5 Å². The van der Waals surface area contributed by atoms with Crippen LogP contribution in [0, 0.1) is 11.3 Å². The number of aromatic nitrogens is 1. The Kier molecular flexibility index (Phi) is 8.18. The number of hydrogen-bond acceptors (Lipinski definition) is 5. The average molecular weight is 534 g/mol. The van der Waals surface area contributed by atoms with E-state index in [1.165, 1.54) is 5.56 Å². The lowest BCUT2D eigenvalue weighted by Crippen LogP contribution is -2.46. The Labute approximate surface area is 236 Å². The quantitative estimate of drug-likeness (QED) is 0.279. The zero-order valence-electron chi connectivity index (χ0n) is 23.3. The van der Waals surface area contributed by atoms with Crippen molar-refractivity contribution in [3.8, 4) is 22.9 Å². The van der Waals surface area contributed by atoms with Gasteiger partial charge in [-0.2, -0.15) is 5.26 Å². The number of amides is 1. The van der Waals surface area contributed by atoms with Crippen molar-refractivity contribution in [1.82, 2.24) is 9.88 Å². The Hall–Kier alpha value is -4.54. The van der Waals surface area contributed by atoms with Crippen LogP contribution < -0.4 is 15.0 Å². The monoisotopic (exact) mass is 533 g/mol. The molecule has 0 spiro atoms. The molecular formula is C33H35N5O2. The SMILES string of the molecule is COc1cccc(C(=O)Nc2ccc(N3CCN(Cc4cc(C#N)c[nH]4)CC3)cc2)c1-c1ccc(C(C)C)cc1. The Morgan fingerprint density at radius 3 is 2.38 bits per heavy atom. The van der Waals surface area contributed by atoms with Crippen molar-refractivity contribution in [2.24, 2.45) is 0 Å². The molecule has 0 atom stereocenters. The van der Waals surface area contributed by atoms with Crippen molar-refractivity contribution < 1.29 is 9.53 Å². The van der Waals surface area contributed by atoms with E-state index >= 15 is 0 Å². The van der Waals surface area contributed by atoms with Crippen LogP contribution in [0.4, 0.5) is 11.4 Å². The van der Waals surface area contributed by atoms with Gasteiger partial charge in [-0.25, -0.2) is 0 Å². The highest BCUT2D eigenvalue weighted by Gasteiger charge is 2.20. The van der Waals surface area contributed by atoms with Crippen LogP contribution in [0.5, 0.6) is 5.75 Å². The lowest BCUT2D eigenvalue weighted by Gasteiger charge is -2.36. The van der Waals surface area contributed by atoms with E-state index in [0.717, 1.165) is 60.9 Å². The molecule has 40 heavy (non-hydrogen) atoms. The lowest BCUT2D eigenvalue weighted by molar-refractivity contribution is 0.102. The molecule has 1 aliphatic heterocycles. The number of hydrogen-bond donors (Lipinski definition) is 2. The fourth-order valence-electron chi connectivity index (χ4n) is 5.18. The van der Waals surface area contributed by atoms with Gasteiger partial charge in [0, 0.05) is 61.6 Å². The molecule has 7 nitrogen and oxygen atoms in total. The van der Waals surface area contributed by atoms with Crippen LogP contribution in [0.25, 0.3) is 11.1 Å². The minimum Gasteiger partial charge on any atom is -0.496 e. The highest BCUT2D eigenvalue weighted by atomic mass is 16.5. The summed E-state index contributed by atoms with van der Waals surface area (Å²) in [6.07, 6.45) is 1.76. The molecule has 2 heterocycles. The van der Waals surface area contributed by atoms with Crippen molar-refractivity contribution in [2.45, 2.75) is 26.3 Å². The molecule has 1 aromatic heterocycles. The van der Waals surface area contributed by atoms with E-state index in [4.69, 9.17) is 10.00 Å². The summed E-state index contributed by atoms with van der Waals surface area (Å²) in [4.78, 5) is 21.4. The summed E-state index contributed by atoms with van der Waals surface area (Å²) in [5.74, 6) is 0.928. The topological polar surface area (TPSA) is 84.4 Å². The van der Waals surface area contributed by atoms with Gasteiger partial charge in [-0.15, -0.1) is 0 Å². The summed E-state index contributed by atoms with van der Waals surface area (Å²) < 4.78 is 5.64. The molecule has 7 heteroatoms. The minimum atomic E-state index is -0.174. The number of benzene rings is 3. The first-order chi connectivity index (χ1) is 19.4. The summed E-state index contributed by atoms with van der Waals surface area (Å²) in [7, 11) is 1.63. The number of nitrogens with zero attached hydrogens (tertiary/aromatic N) is 3. The van der Waals surface area contributed by atoms with Gasteiger partial charge >= 0.3 is 0 Å². The number of piperazine rings is 1.